The van der Waals surface area contributed by atoms with Gasteiger partial charge >= 0.3 is 0 Å². The Morgan fingerprint density at radius 2 is 1.69 bits per heavy atom. The summed E-state index contributed by atoms with van der Waals surface area (Å²) < 4.78 is 0. The van der Waals surface area contributed by atoms with Crippen LogP contribution in [0.4, 0.5) is 5.69 Å². The van der Waals surface area contributed by atoms with Gasteiger partial charge in [-0.15, -0.1) is 0 Å². The maximum Gasteiger partial charge on any atom is 0.264 e. The lowest BCUT2D eigenvalue weighted by Gasteiger charge is -2.08. The molecule has 3 nitrogen and oxygen atoms in total. The SMILES string of the molecule is CC(=O)C(C(=O)Nc1ccccc1)=S(C)C. The lowest BCUT2D eigenvalue weighted by Crippen LogP contribution is -2.28. The van der Waals surface area contributed by atoms with Crippen LogP contribution in [0.5, 0.6) is 0 Å². The van der Waals surface area contributed by atoms with Crippen molar-refractivity contribution in [2.24, 2.45) is 0 Å². The highest BCUT2D eigenvalue weighted by molar-refractivity contribution is 8.16. The first kappa shape index (κ1) is 12.6. The molecule has 1 amide bonds. The van der Waals surface area contributed by atoms with Crippen LogP contribution >= 0.6 is 10.5 Å². The van der Waals surface area contributed by atoms with Crippen molar-refractivity contribution < 1.29 is 9.59 Å². The molecule has 0 heterocycles. The highest BCUT2D eigenvalue weighted by Crippen LogP contribution is 2.09. The third kappa shape index (κ3) is 3.31. The Kier molecular flexibility index (Phi) is 4.43. The molecule has 86 valence electrons. The van der Waals surface area contributed by atoms with Gasteiger partial charge in [0.1, 0.15) is 4.86 Å². The van der Waals surface area contributed by atoms with Crippen molar-refractivity contribution in [3.63, 3.8) is 0 Å². The molecule has 0 radical (unpaired) electrons. The smallest absolute Gasteiger partial charge is 0.264 e. The molecular formula is C12H15NO2S. The van der Waals surface area contributed by atoms with E-state index in [2.05, 4.69) is 5.32 Å². The van der Waals surface area contributed by atoms with Crippen molar-refractivity contribution in [3.05, 3.63) is 30.3 Å². The van der Waals surface area contributed by atoms with Gasteiger partial charge in [0.05, 0.1) is 0 Å². The average Bonchev–Trinajstić information content (AvgIpc) is 2.17. The van der Waals surface area contributed by atoms with E-state index >= 15 is 0 Å². The van der Waals surface area contributed by atoms with E-state index in [1.54, 1.807) is 12.1 Å². The van der Waals surface area contributed by atoms with Crippen LogP contribution < -0.4 is 5.32 Å². The Labute approximate surface area is 97.8 Å². The van der Waals surface area contributed by atoms with Crippen molar-refractivity contribution in [1.82, 2.24) is 0 Å². The number of para-hydroxylation sites is 1. The van der Waals surface area contributed by atoms with Gasteiger partial charge in [-0.1, -0.05) is 18.2 Å². The molecule has 0 aliphatic rings. The van der Waals surface area contributed by atoms with Crippen LogP contribution in [0.1, 0.15) is 6.92 Å². The molecule has 0 aliphatic heterocycles. The fourth-order valence-corrected chi connectivity index (χ4v) is 2.34. The van der Waals surface area contributed by atoms with Gasteiger partial charge < -0.3 is 5.32 Å². The van der Waals surface area contributed by atoms with E-state index in [4.69, 9.17) is 0 Å². The van der Waals surface area contributed by atoms with Gasteiger partial charge in [-0.3, -0.25) is 9.59 Å². The Balaban J connectivity index is 2.88. The van der Waals surface area contributed by atoms with Crippen molar-refractivity contribution in [2.75, 3.05) is 17.8 Å². The standard InChI is InChI=1S/C12H15NO2S/c1-9(14)11(16(2)3)12(15)13-10-7-5-4-6-8-10/h4-8H,1-3H3,(H,13,15). The fourth-order valence-electron chi connectivity index (χ4n) is 1.34. The number of nitrogens with one attached hydrogen (secondary N) is 1. The van der Waals surface area contributed by atoms with Crippen LogP contribution in [0.2, 0.25) is 0 Å². The Bertz CT molecular complexity index is 434. The molecular weight excluding hydrogens is 222 g/mol. The second-order valence-corrected chi connectivity index (χ2v) is 5.56. The van der Waals surface area contributed by atoms with Gasteiger partial charge in [-0.2, -0.15) is 10.5 Å². The normalized spacial score (nSPS) is 10.0. The summed E-state index contributed by atoms with van der Waals surface area (Å²) in [5, 5.41) is 2.71. The summed E-state index contributed by atoms with van der Waals surface area (Å²) in [7, 11) is -0.332. The molecule has 1 aromatic carbocycles. The molecule has 0 spiro atoms. The van der Waals surface area contributed by atoms with E-state index in [1.807, 2.05) is 30.7 Å². The molecule has 0 saturated heterocycles. The zero-order valence-corrected chi connectivity index (χ0v) is 10.4. The van der Waals surface area contributed by atoms with Crippen molar-refractivity contribution in [2.45, 2.75) is 6.92 Å². The minimum absolute atomic E-state index is 0.165. The minimum Gasteiger partial charge on any atom is -0.321 e. The summed E-state index contributed by atoms with van der Waals surface area (Å²) in [5.74, 6) is -0.464. The quantitative estimate of drug-likeness (QED) is 0.645. The molecule has 1 N–H and O–H groups in total. The van der Waals surface area contributed by atoms with Crippen LogP contribution in [-0.4, -0.2) is 29.1 Å². The van der Waals surface area contributed by atoms with Crippen molar-refractivity contribution >= 4 is 32.7 Å². The van der Waals surface area contributed by atoms with E-state index in [9.17, 15) is 9.59 Å². The summed E-state index contributed by atoms with van der Waals surface area (Å²) in [5.41, 5.74) is 0.705. The molecule has 0 fully saturated rings. The van der Waals surface area contributed by atoms with Gasteiger partial charge in [0.15, 0.2) is 5.78 Å². The predicted molar refractivity (Wildman–Crippen MR) is 70.2 cm³/mol. The van der Waals surface area contributed by atoms with Crippen LogP contribution in [0.3, 0.4) is 0 Å². The number of carbonyl (C=O) groups excluding carboxylic acids is 2. The highest BCUT2D eigenvalue weighted by Gasteiger charge is 2.15. The molecule has 1 aromatic rings. The molecule has 0 saturated carbocycles. The van der Waals surface area contributed by atoms with Crippen LogP contribution in [0, 0.1) is 0 Å². The first-order valence-electron chi connectivity index (χ1n) is 4.84. The van der Waals surface area contributed by atoms with Gasteiger partial charge in [-0.05, 0) is 31.6 Å². The van der Waals surface area contributed by atoms with Crippen molar-refractivity contribution in [1.29, 1.82) is 0 Å². The minimum atomic E-state index is -0.332. The molecule has 1 rings (SSSR count). The molecule has 0 aliphatic carbocycles. The molecule has 0 unspecified atom stereocenters. The number of hydrogen-bond acceptors (Lipinski definition) is 2. The van der Waals surface area contributed by atoms with E-state index in [0.717, 1.165) is 0 Å². The number of ketones is 1. The van der Waals surface area contributed by atoms with Crippen molar-refractivity contribution in [3.8, 4) is 0 Å². The number of rotatable bonds is 3. The largest absolute Gasteiger partial charge is 0.321 e. The Hall–Kier alpha value is -1.42. The summed E-state index contributed by atoms with van der Waals surface area (Å²) in [6.07, 6.45) is 3.72. The van der Waals surface area contributed by atoms with Crippen LogP contribution in [0.15, 0.2) is 30.3 Å². The monoisotopic (exact) mass is 237 g/mol. The second kappa shape index (κ2) is 5.61. The van der Waals surface area contributed by atoms with Gasteiger partial charge in [0, 0.05) is 5.69 Å². The third-order valence-corrected chi connectivity index (χ3v) is 3.26. The highest BCUT2D eigenvalue weighted by atomic mass is 32.2. The Morgan fingerprint density at radius 1 is 1.12 bits per heavy atom. The van der Waals surface area contributed by atoms with E-state index in [1.165, 1.54) is 6.92 Å². The fraction of sp³-hybridized carbons (Fsp3) is 0.250. The molecule has 4 heteroatoms. The van der Waals surface area contributed by atoms with Crippen LogP contribution in [-0.2, 0) is 9.59 Å². The van der Waals surface area contributed by atoms with Gasteiger partial charge in [0.25, 0.3) is 5.91 Å². The molecule has 16 heavy (non-hydrogen) atoms. The number of amides is 1. The maximum atomic E-state index is 11.8. The lowest BCUT2D eigenvalue weighted by atomic mass is 10.2. The van der Waals surface area contributed by atoms with Gasteiger partial charge in [0.2, 0.25) is 0 Å². The van der Waals surface area contributed by atoms with Gasteiger partial charge in [-0.25, -0.2) is 0 Å². The lowest BCUT2D eigenvalue weighted by molar-refractivity contribution is -0.114. The predicted octanol–water partition coefficient (Wildman–Crippen LogP) is 1.91. The molecule has 0 bridgehead atoms. The topological polar surface area (TPSA) is 46.2 Å². The summed E-state index contributed by atoms with van der Waals surface area (Å²) in [6, 6.07) is 9.12. The van der Waals surface area contributed by atoms with E-state index < -0.39 is 0 Å². The molecule has 0 aromatic heterocycles. The zero-order valence-electron chi connectivity index (χ0n) is 9.61. The Morgan fingerprint density at radius 3 is 2.12 bits per heavy atom. The first-order valence-corrected chi connectivity index (χ1v) is 6.88. The number of Topliss-reactive ketones (excluding diaryl/α,β-unsaturated/α-hetero) is 1. The summed E-state index contributed by atoms with van der Waals surface area (Å²) in [6.45, 7) is 1.42. The number of benzene rings is 1. The first-order chi connectivity index (χ1) is 7.52. The average molecular weight is 237 g/mol. The van der Waals surface area contributed by atoms with Crippen LogP contribution in [0.25, 0.3) is 0 Å². The summed E-state index contributed by atoms with van der Waals surface area (Å²) >= 11 is 0. The third-order valence-electron chi connectivity index (χ3n) is 1.97. The maximum absolute atomic E-state index is 11.8. The number of carbonyl (C=O) groups is 2. The zero-order chi connectivity index (χ0) is 12.1. The summed E-state index contributed by atoms with van der Waals surface area (Å²) in [4.78, 5) is 23.5. The van der Waals surface area contributed by atoms with E-state index in [-0.39, 0.29) is 22.2 Å². The second-order valence-electron chi connectivity index (χ2n) is 3.52. The molecule has 0 atom stereocenters. The number of hydrogen-bond donors (Lipinski definition) is 1. The number of anilines is 1. The van der Waals surface area contributed by atoms with E-state index in [0.29, 0.717) is 10.6 Å².